The fourth-order valence-corrected chi connectivity index (χ4v) is 5.07. The predicted molar refractivity (Wildman–Crippen MR) is 153 cm³/mol. The highest BCUT2D eigenvalue weighted by molar-refractivity contribution is 6.27. The molecular weight excluding hydrogens is 526 g/mol. The van der Waals surface area contributed by atoms with Crippen LogP contribution in [0.15, 0.2) is 78.9 Å². The molecule has 4 rings (SSSR count). The predicted octanol–water partition coefficient (Wildman–Crippen LogP) is 4.47. The minimum atomic E-state index is -1.82. The van der Waals surface area contributed by atoms with E-state index < -0.39 is 17.5 Å². The molecular formula is C32H37NO8. The van der Waals surface area contributed by atoms with E-state index in [-0.39, 0.29) is 11.7 Å². The Kier molecular flexibility index (Phi) is 11.4. The number of piperidine rings is 1. The van der Waals surface area contributed by atoms with Gasteiger partial charge < -0.3 is 29.7 Å². The van der Waals surface area contributed by atoms with Crippen LogP contribution in [0.2, 0.25) is 0 Å². The van der Waals surface area contributed by atoms with Gasteiger partial charge in [-0.1, -0.05) is 60.7 Å². The summed E-state index contributed by atoms with van der Waals surface area (Å²) in [4.78, 5) is 32.2. The van der Waals surface area contributed by atoms with Gasteiger partial charge in [0.1, 0.15) is 5.60 Å². The van der Waals surface area contributed by atoms with Crippen LogP contribution in [0.4, 0.5) is 0 Å². The number of hydrogen-bond donors (Lipinski definition) is 3. The van der Waals surface area contributed by atoms with Crippen LogP contribution in [0.25, 0.3) is 0 Å². The lowest BCUT2D eigenvalue weighted by Gasteiger charge is -2.42. The SMILES string of the molecule is COc1cc(C(C)=O)ccc1OCCCN1CCC(C(O)(c2ccccc2)c2ccccc2)CC1.O=C(O)C(=O)O. The molecule has 1 aliphatic heterocycles. The number of aliphatic hydroxyl groups is 1. The fraction of sp³-hybridized carbons (Fsp3) is 0.344. The molecule has 0 spiro atoms. The van der Waals surface area contributed by atoms with Crippen molar-refractivity contribution in [2.75, 3.05) is 33.4 Å². The van der Waals surface area contributed by atoms with Gasteiger partial charge in [0.25, 0.3) is 0 Å². The highest BCUT2D eigenvalue weighted by Crippen LogP contribution is 2.41. The van der Waals surface area contributed by atoms with Crippen molar-refractivity contribution in [1.82, 2.24) is 4.90 Å². The summed E-state index contributed by atoms with van der Waals surface area (Å²) in [5.41, 5.74) is 1.55. The number of likely N-dealkylation sites (tertiary alicyclic amines) is 1. The van der Waals surface area contributed by atoms with Crippen LogP contribution < -0.4 is 9.47 Å². The molecule has 9 nitrogen and oxygen atoms in total. The summed E-state index contributed by atoms with van der Waals surface area (Å²) in [5.74, 6) is -2.25. The number of carboxylic acid groups (broad SMARTS) is 2. The molecule has 1 aliphatic rings. The van der Waals surface area contributed by atoms with E-state index in [9.17, 15) is 9.90 Å². The summed E-state index contributed by atoms with van der Waals surface area (Å²) in [6.45, 7) is 4.95. The van der Waals surface area contributed by atoms with E-state index in [2.05, 4.69) is 4.90 Å². The number of aliphatic carboxylic acids is 2. The second kappa shape index (κ2) is 15.0. The van der Waals surface area contributed by atoms with Crippen LogP contribution in [0, 0.1) is 5.92 Å². The van der Waals surface area contributed by atoms with E-state index in [1.54, 1.807) is 32.2 Å². The normalized spacial score (nSPS) is 13.9. The molecule has 41 heavy (non-hydrogen) atoms. The standard InChI is InChI=1S/C30H35NO4.C2H2O4/c1-23(32)24-14-15-28(29(22-24)34-2)35-21-9-18-31-19-16-27(17-20-31)30(33,25-10-5-3-6-11-25)26-12-7-4-8-13-26;3-1(4)2(5)6/h3-8,10-15,22,27,33H,9,16-21H2,1-2H3;(H,3,4)(H,5,6). The minimum Gasteiger partial charge on any atom is -0.493 e. The lowest BCUT2D eigenvalue weighted by molar-refractivity contribution is -0.159. The van der Waals surface area contributed by atoms with Crippen molar-refractivity contribution in [3.8, 4) is 11.5 Å². The first-order valence-corrected chi connectivity index (χ1v) is 13.5. The first-order chi connectivity index (χ1) is 19.7. The van der Waals surface area contributed by atoms with Crippen molar-refractivity contribution >= 4 is 17.7 Å². The first kappa shape index (κ1) is 31.3. The molecule has 0 aliphatic carbocycles. The van der Waals surface area contributed by atoms with E-state index in [1.807, 2.05) is 60.7 Å². The van der Waals surface area contributed by atoms with Crippen molar-refractivity contribution < 1.29 is 39.2 Å². The van der Waals surface area contributed by atoms with E-state index in [4.69, 9.17) is 29.3 Å². The van der Waals surface area contributed by atoms with Gasteiger partial charge in [-0.2, -0.15) is 0 Å². The molecule has 1 heterocycles. The molecule has 0 amide bonds. The molecule has 0 saturated carbocycles. The Bertz CT molecular complexity index is 1240. The summed E-state index contributed by atoms with van der Waals surface area (Å²) in [6, 6.07) is 25.4. The summed E-state index contributed by atoms with van der Waals surface area (Å²) >= 11 is 0. The maximum absolute atomic E-state index is 12.0. The molecule has 9 heteroatoms. The van der Waals surface area contributed by atoms with Crippen LogP contribution in [-0.4, -0.2) is 71.3 Å². The number of carbonyl (C=O) groups is 3. The van der Waals surface area contributed by atoms with Crippen LogP contribution in [0.3, 0.4) is 0 Å². The third kappa shape index (κ3) is 8.39. The molecule has 0 radical (unpaired) electrons. The lowest BCUT2D eigenvalue weighted by atomic mass is 9.72. The quantitative estimate of drug-likeness (QED) is 0.186. The summed E-state index contributed by atoms with van der Waals surface area (Å²) in [6.07, 6.45) is 2.76. The van der Waals surface area contributed by atoms with Gasteiger partial charge in [0.15, 0.2) is 17.3 Å². The molecule has 0 bridgehead atoms. The molecule has 3 aromatic carbocycles. The maximum atomic E-state index is 12.0. The van der Waals surface area contributed by atoms with Gasteiger partial charge in [0, 0.05) is 12.1 Å². The van der Waals surface area contributed by atoms with Crippen LogP contribution in [0.5, 0.6) is 11.5 Å². The number of carbonyl (C=O) groups excluding carboxylic acids is 1. The Balaban J connectivity index is 0.000000696. The van der Waals surface area contributed by atoms with Gasteiger partial charge in [-0.3, -0.25) is 4.79 Å². The average molecular weight is 564 g/mol. The largest absolute Gasteiger partial charge is 0.493 e. The smallest absolute Gasteiger partial charge is 0.414 e. The van der Waals surface area contributed by atoms with Crippen molar-refractivity contribution in [2.24, 2.45) is 5.92 Å². The number of benzene rings is 3. The number of Topliss-reactive ketones (excluding diaryl/α,β-unsaturated/α-hetero) is 1. The Morgan fingerprint density at radius 2 is 1.39 bits per heavy atom. The molecule has 3 aromatic rings. The summed E-state index contributed by atoms with van der Waals surface area (Å²) < 4.78 is 11.3. The Morgan fingerprint density at radius 3 is 1.85 bits per heavy atom. The Morgan fingerprint density at radius 1 is 0.854 bits per heavy atom. The van der Waals surface area contributed by atoms with Crippen LogP contribution in [-0.2, 0) is 15.2 Å². The monoisotopic (exact) mass is 563 g/mol. The number of nitrogens with zero attached hydrogens (tertiary/aromatic N) is 1. The third-order valence-electron chi connectivity index (χ3n) is 7.24. The molecule has 1 fully saturated rings. The Hall–Kier alpha value is -4.21. The zero-order valence-electron chi connectivity index (χ0n) is 23.4. The molecule has 0 atom stereocenters. The van der Waals surface area contributed by atoms with E-state index >= 15 is 0 Å². The molecule has 1 saturated heterocycles. The minimum absolute atomic E-state index is 0.00433. The van der Waals surface area contributed by atoms with E-state index in [1.165, 1.54) is 0 Å². The van der Waals surface area contributed by atoms with Crippen LogP contribution >= 0.6 is 0 Å². The number of hydrogen-bond acceptors (Lipinski definition) is 7. The number of ketones is 1. The second-order valence-electron chi connectivity index (χ2n) is 9.85. The van der Waals surface area contributed by atoms with Crippen molar-refractivity contribution in [1.29, 1.82) is 0 Å². The highest BCUT2D eigenvalue weighted by Gasteiger charge is 2.41. The van der Waals surface area contributed by atoms with E-state index in [0.29, 0.717) is 23.7 Å². The zero-order valence-corrected chi connectivity index (χ0v) is 23.4. The number of ether oxygens (including phenoxy) is 2. The van der Waals surface area contributed by atoms with Crippen molar-refractivity contribution in [3.05, 3.63) is 95.6 Å². The average Bonchev–Trinajstić information content (AvgIpc) is 3.00. The first-order valence-electron chi connectivity index (χ1n) is 13.5. The van der Waals surface area contributed by atoms with Gasteiger partial charge >= 0.3 is 11.9 Å². The highest BCUT2D eigenvalue weighted by atomic mass is 16.5. The van der Waals surface area contributed by atoms with Gasteiger partial charge in [0.05, 0.1) is 13.7 Å². The topological polar surface area (TPSA) is 134 Å². The number of methoxy groups -OCH3 is 1. The lowest BCUT2D eigenvalue weighted by Crippen LogP contribution is -2.44. The second-order valence-corrected chi connectivity index (χ2v) is 9.85. The Labute approximate surface area is 240 Å². The number of carboxylic acids is 2. The summed E-state index contributed by atoms with van der Waals surface area (Å²) in [5, 5.41) is 26.8. The number of rotatable bonds is 10. The molecule has 3 N–H and O–H groups in total. The fourth-order valence-electron chi connectivity index (χ4n) is 5.07. The molecule has 0 aromatic heterocycles. The molecule has 0 unspecified atom stereocenters. The molecule has 218 valence electrons. The summed E-state index contributed by atoms with van der Waals surface area (Å²) in [7, 11) is 1.59. The van der Waals surface area contributed by atoms with E-state index in [0.717, 1.165) is 50.0 Å². The van der Waals surface area contributed by atoms with Gasteiger partial charge in [-0.05, 0) is 74.5 Å². The zero-order chi connectivity index (χ0) is 29.8. The third-order valence-corrected chi connectivity index (χ3v) is 7.24. The van der Waals surface area contributed by atoms with Gasteiger partial charge in [-0.25, -0.2) is 9.59 Å². The van der Waals surface area contributed by atoms with Gasteiger partial charge in [-0.15, -0.1) is 0 Å². The van der Waals surface area contributed by atoms with Crippen molar-refractivity contribution in [2.45, 2.75) is 31.8 Å². The maximum Gasteiger partial charge on any atom is 0.414 e. The van der Waals surface area contributed by atoms with Crippen molar-refractivity contribution in [3.63, 3.8) is 0 Å². The van der Waals surface area contributed by atoms with Gasteiger partial charge in [0.2, 0.25) is 0 Å². The van der Waals surface area contributed by atoms with Crippen LogP contribution in [0.1, 0.15) is 47.7 Å².